The first-order valence-electron chi connectivity index (χ1n) is 11.2. The number of amides is 1. The van der Waals surface area contributed by atoms with Gasteiger partial charge in [0.1, 0.15) is 16.5 Å². The van der Waals surface area contributed by atoms with E-state index in [0.29, 0.717) is 5.56 Å². The fourth-order valence-corrected chi connectivity index (χ4v) is 4.66. The average molecular weight is 562 g/mol. The second-order valence-electron chi connectivity index (χ2n) is 8.82. The Bertz CT molecular complexity index is 1770. The average Bonchev–Trinajstić information content (AvgIpc) is 2.83. The molecule has 2 N–H and O–H groups in total. The second kappa shape index (κ2) is 10.1. The van der Waals surface area contributed by atoms with Crippen molar-refractivity contribution in [2.45, 2.75) is 26.8 Å². The zero-order chi connectivity index (χ0) is 27.9. The molecule has 0 unspecified atom stereocenters. The smallest absolute Gasteiger partial charge is 0.285 e. The standard InChI is InChI=1S/C26H22ClF2N3O5S/c1-12-10-16(14(3)30-19-8-9-20(27)31-22(19)26(34)32-38(4,35)36)25-17(11-12)23(33)13(2)24(37-25)15-6-5-7-18(28)21(15)29/h5-11,14,30H,1-4H3,(H,32,34)/t14-/m1/s1. The van der Waals surface area contributed by atoms with Gasteiger partial charge in [0.2, 0.25) is 10.0 Å². The van der Waals surface area contributed by atoms with E-state index in [4.69, 9.17) is 16.0 Å². The minimum absolute atomic E-state index is 0.0360. The molecule has 12 heteroatoms. The molecular weight excluding hydrogens is 540 g/mol. The Hall–Kier alpha value is -3.83. The van der Waals surface area contributed by atoms with Crippen LogP contribution in [0.3, 0.4) is 0 Å². The van der Waals surface area contributed by atoms with Crippen LogP contribution in [0.4, 0.5) is 14.5 Å². The first kappa shape index (κ1) is 27.2. The zero-order valence-corrected chi connectivity index (χ0v) is 22.2. The van der Waals surface area contributed by atoms with Crippen molar-refractivity contribution in [1.29, 1.82) is 0 Å². The molecule has 0 saturated heterocycles. The van der Waals surface area contributed by atoms with Crippen molar-refractivity contribution in [3.05, 3.63) is 91.9 Å². The molecule has 0 spiro atoms. The monoisotopic (exact) mass is 561 g/mol. The Kier molecular flexibility index (Phi) is 7.26. The van der Waals surface area contributed by atoms with E-state index in [2.05, 4.69) is 10.3 Å². The van der Waals surface area contributed by atoms with Crippen LogP contribution < -0.4 is 15.5 Å². The molecule has 8 nitrogen and oxygen atoms in total. The van der Waals surface area contributed by atoms with Crippen molar-refractivity contribution in [2.24, 2.45) is 0 Å². The van der Waals surface area contributed by atoms with E-state index in [9.17, 15) is 26.8 Å². The van der Waals surface area contributed by atoms with E-state index in [1.807, 2.05) is 4.72 Å². The summed E-state index contributed by atoms with van der Waals surface area (Å²) >= 11 is 5.94. The van der Waals surface area contributed by atoms with Gasteiger partial charge in [-0.3, -0.25) is 9.59 Å². The Morgan fingerprint density at radius 1 is 1.13 bits per heavy atom. The van der Waals surface area contributed by atoms with Crippen LogP contribution in [0.2, 0.25) is 5.15 Å². The Balaban J connectivity index is 1.87. The van der Waals surface area contributed by atoms with Gasteiger partial charge in [0, 0.05) is 11.1 Å². The van der Waals surface area contributed by atoms with E-state index < -0.39 is 39.0 Å². The number of carbonyl (C=O) groups excluding carboxylic acids is 1. The number of nitrogens with zero attached hydrogens (tertiary/aromatic N) is 1. The number of halogens is 3. The van der Waals surface area contributed by atoms with Gasteiger partial charge in [-0.05, 0) is 56.7 Å². The van der Waals surface area contributed by atoms with Crippen LogP contribution in [0.5, 0.6) is 0 Å². The van der Waals surface area contributed by atoms with Crippen molar-refractivity contribution >= 4 is 44.2 Å². The van der Waals surface area contributed by atoms with Gasteiger partial charge in [0.15, 0.2) is 22.8 Å². The van der Waals surface area contributed by atoms with Crippen molar-refractivity contribution < 1.29 is 26.4 Å². The number of pyridine rings is 1. The fourth-order valence-electron chi connectivity index (χ4n) is 4.08. The molecule has 0 bridgehead atoms. The number of aromatic nitrogens is 1. The molecule has 4 aromatic rings. The maximum atomic E-state index is 14.6. The number of fused-ring (bicyclic) bond motifs is 1. The van der Waals surface area contributed by atoms with Crippen LogP contribution in [0, 0.1) is 25.5 Å². The summed E-state index contributed by atoms with van der Waals surface area (Å²) in [6.45, 7) is 4.96. The summed E-state index contributed by atoms with van der Waals surface area (Å²) < 4.78 is 59.7. The van der Waals surface area contributed by atoms with Crippen molar-refractivity contribution in [3.8, 4) is 11.3 Å². The van der Waals surface area contributed by atoms with Gasteiger partial charge >= 0.3 is 0 Å². The predicted octanol–water partition coefficient (Wildman–Crippen LogP) is 5.27. The number of hydrogen-bond acceptors (Lipinski definition) is 7. The van der Waals surface area contributed by atoms with Crippen molar-refractivity contribution in [1.82, 2.24) is 9.71 Å². The van der Waals surface area contributed by atoms with E-state index >= 15 is 0 Å². The van der Waals surface area contributed by atoms with E-state index in [0.717, 1.165) is 17.9 Å². The molecule has 2 aromatic heterocycles. The highest BCUT2D eigenvalue weighted by Crippen LogP contribution is 2.34. The lowest BCUT2D eigenvalue weighted by Gasteiger charge is -2.20. The molecule has 0 aliphatic heterocycles. The maximum Gasteiger partial charge on any atom is 0.285 e. The number of carbonyl (C=O) groups is 1. The van der Waals surface area contributed by atoms with Crippen LogP contribution in [0.25, 0.3) is 22.3 Å². The number of hydrogen-bond donors (Lipinski definition) is 2. The summed E-state index contributed by atoms with van der Waals surface area (Å²) in [5.41, 5.74) is 0.713. The Morgan fingerprint density at radius 2 is 1.84 bits per heavy atom. The molecule has 4 rings (SSSR count). The van der Waals surface area contributed by atoms with Crippen LogP contribution >= 0.6 is 11.6 Å². The third kappa shape index (κ3) is 5.39. The number of aryl methyl sites for hydroxylation is 1. The highest BCUT2D eigenvalue weighted by atomic mass is 35.5. The van der Waals surface area contributed by atoms with Crippen LogP contribution in [0.1, 0.15) is 40.1 Å². The third-order valence-electron chi connectivity index (χ3n) is 5.78. The third-order valence-corrected chi connectivity index (χ3v) is 6.55. The lowest BCUT2D eigenvalue weighted by atomic mass is 9.98. The number of rotatable bonds is 6. The van der Waals surface area contributed by atoms with Gasteiger partial charge in [-0.1, -0.05) is 23.7 Å². The molecule has 0 aliphatic rings. The Labute approximate surface area is 221 Å². The molecule has 2 aromatic carbocycles. The Morgan fingerprint density at radius 3 is 2.53 bits per heavy atom. The lowest BCUT2D eigenvalue weighted by molar-refractivity contribution is 0.0977. The molecule has 0 aliphatic carbocycles. The summed E-state index contributed by atoms with van der Waals surface area (Å²) in [6, 6.07) is 9.19. The zero-order valence-electron chi connectivity index (χ0n) is 20.6. The van der Waals surface area contributed by atoms with Gasteiger partial charge in [0.05, 0.1) is 28.9 Å². The topological polar surface area (TPSA) is 118 Å². The van der Waals surface area contributed by atoms with Crippen LogP contribution in [0.15, 0.2) is 51.7 Å². The normalized spacial score (nSPS) is 12.4. The summed E-state index contributed by atoms with van der Waals surface area (Å²) in [7, 11) is -3.88. The van der Waals surface area contributed by atoms with Gasteiger partial charge in [-0.25, -0.2) is 26.9 Å². The molecular formula is C26H22ClF2N3O5S. The largest absolute Gasteiger partial charge is 0.455 e. The molecule has 38 heavy (non-hydrogen) atoms. The lowest BCUT2D eigenvalue weighted by Crippen LogP contribution is -2.31. The van der Waals surface area contributed by atoms with Gasteiger partial charge in [-0.2, -0.15) is 0 Å². The summed E-state index contributed by atoms with van der Waals surface area (Å²) in [6.07, 6.45) is 0.826. The molecule has 1 atom stereocenters. The molecule has 1 amide bonds. The molecule has 198 valence electrons. The fraction of sp³-hybridized carbons (Fsp3) is 0.192. The van der Waals surface area contributed by atoms with Crippen molar-refractivity contribution in [2.75, 3.05) is 11.6 Å². The van der Waals surface area contributed by atoms with E-state index in [1.54, 1.807) is 26.0 Å². The molecule has 0 fully saturated rings. The number of sulfonamides is 1. The second-order valence-corrected chi connectivity index (χ2v) is 11.0. The van der Waals surface area contributed by atoms with E-state index in [1.165, 1.54) is 31.2 Å². The summed E-state index contributed by atoms with van der Waals surface area (Å²) in [5.74, 6) is -3.34. The molecule has 0 saturated carbocycles. The minimum atomic E-state index is -3.88. The maximum absolute atomic E-state index is 14.6. The minimum Gasteiger partial charge on any atom is -0.455 e. The summed E-state index contributed by atoms with van der Waals surface area (Å²) in [5, 5.41) is 3.28. The first-order valence-corrected chi connectivity index (χ1v) is 13.5. The predicted molar refractivity (Wildman–Crippen MR) is 141 cm³/mol. The summed E-state index contributed by atoms with van der Waals surface area (Å²) in [4.78, 5) is 29.8. The highest BCUT2D eigenvalue weighted by molar-refractivity contribution is 7.89. The van der Waals surface area contributed by atoms with Crippen LogP contribution in [-0.4, -0.2) is 25.6 Å². The quantitative estimate of drug-likeness (QED) is 0.308. The van der Waals surface area contributed by atoms with E-state index in [-0.39, 0.29) is 44.4 Å². The SMILES string of the molecule is Cc1cc([C@@H](C)Nc2ccc(Cl)nc2C(=O)NS(C)(=O)=O)c2oc(-c3cccc(F)c3F)c(C)c(=O)c2c1. The van der Waals surface area contributed by atoms with Gasteiger partial charge in [0.25, 0.3) is 5.91 Å². The number of nitrogens with one attached hydrogen (secondary N) is 2. The number of benzene rings is 2. The van der Waals surface area contributed by atoms with Gasteiger partial charge in [-0.15, -0.1) is 0 Å². The van der Waals surface area contributed by atoms with Crippen molar-refractivity contribution in [3.63, 3.8) is 0 Å². The first-order chi connectivity index (χ1) is 17.8. The molecule has 0 radical (unpaired) electrons. The number of anilines is 1. The molecule has 2 heterocycles. The van der Waals surface area contributed by atoms with Crippen LogP contribution in [-0.2, 0) is 10.0 Å². The van der Waals surface area contributed by atoms with Gasteiger partial charge < -0.3 is 9.73 Å². The highest BCUT2D eigenvalue weighted by Gasteiger charge is 2.23.